The maximum Gasteiger partial charge on any atom is 0.0332 e. The summed E-state index contributed by atoms with van der Waals surface area (Å²) in [5.74, 6) is 0. The minimum absolute atomic E-state index is 0.947. The first-order valence-corrected chi connectivity index (χ1v) is 4.64. The van der Waals surface area contributed by atoms with E-state index in [2.05, 4.69) is 13.2 Å². The highest BCUT2D eigenvalue weighted by atomic mass is 15.1. The molecular formula is C13H19N. The third-order valence-corrected chi connectivity index (χ3v) is 1.91. The van der Waals surface area contributed by atoms with E-state index in [1.54, 1.807) is 6.08 Å². The number of hydrogen-bond acceptors (Lipinski definition) is 1. The normalized spacial score (nSPS) is 12.4. The molecule has 0 rings (SSSR count). The van der Waals surface area contributed by atoms with Gasteiger partial charge in [-0.2, -0.15) is 0 Å². The van der Waals surface area contributed by atoms with E-state index in [4.69, 9.17) is 0 Å². The number of likely N-dealkylation sites (N-methyl/N-ethyl adjacent to an activating group) is 1. The van der Waals surface area contributed by atoms with Crippen LogP contribution in [0.5, 0.6) is 0 Å². The number of hydrogen-bond donors (Lipinski definition) is 0. The lowest BCUT2D eigenvalue weighted by atomic mass is 10.3. The lowest BCUT2D eigenvalue weighted by molar-refractivity contribution is 0.540. The van der Waals surface area contributed by atoms with Gasteiger partial charge in [-0.1, -0.05) is 37.5 Å². The Bertz CT molecular complexity index is 280. The van der Waals surface area contributed by atoms with Gasteiger partial charge in [-0.05, 0) is 26.0 Å². The van der Waals surface area contributed by atoms with Crippen LogP contribution in [-0.4, -0.2) is 11.9 Å². The maximum absolute atomic E-state index is 3.95. The van der Waals surface area contributed by atoms with Crippen LogP contribution >= 0.6 is 0 Å². The van der Waals surface area contributed by atoms with Crippen molar-refractivity contribution >= 4 is 0 Å². The molecule has 0 aromatic heterocycles. The standard InChI is InChI=1S/C13H19N/c1-6-8-10-12(3)14(5)13(4)11-9-7-2/h6-11H,1,3H2,2,4-5H3/b9-7-,10-8-,13-11+. The first kappa shape index (κ1) is 12.5. The van der Waals surface area contributed by atoms with Crippen molar-refractivity contribution in [2.24, 2.45) is 0 Å². The van der Waals surface area contributed by atoms with Crippen molar-refractivity contribution in [2.45, 2.75) is 13.8 Å². The molecule has 1 heteroatoms. The molecule has 0 spiro atoms. The first-order valence-electron chi connectivity index (χ1n) is 4.64. The smallest absolute Gasteiger partial charge is 0.0332 e. The number of nitrogens with zero attached hydrogens (tertiary/aromatic N) is 1. The van der Waals surface area contributed by atoms with Crippen LogP contribution in [-0.2, 0) is 0 Å². The predicted octanol–water partition coefficient (Wildman–Crippen LogP) is 3.65. The summed E-state index contributed by atoms with van der Waals surface area (Å²) in [4.78, 5) is 2.03. The average molecular weight is 189 g/mol. The molecule has 0 saturated carbocycles. The van der Waals surface area contributed by atoms with Gasteiger partial charge in [-0.25, -0.2) is 0 Å². The zero-order valence-corrected chi connectivity index (χ0v) is 9.33. The van der Waals surface area contributed by atoms with E-state index in [1.165, 1.54) is 0 Å². The molecule has 0 heterocycles. The molecule has 0 aromatic carbocycles. The molecule has 0 radical (unpaired) electrons. The van der Waals surface area contributed by atoms with Crippen molar-refractivity contribution < 1.29 is 0 Å². The second-order valence-electron chi connectivity index (χ2n) is 2.98. The van der Waals surface area contributed by atoms with Gasteiger partial charge in [0.15, 0.2) is 0 Å². The molecule has 0 bridgehead atoms. The van der Waals surface area contributed by atoms with Crippen LogP contribution in [0.25, 0.3) is 0 Å². The summed E-state index contributed by atoms with van der Waals surface area (Å²) in [6.07, 6.45) is 11.6. The molecule has 0 aromatic rings. The molecule has 76 valence electrons. The van der Waals surface area contributed by atoms with Gasteiger partial charge in [0.25, 0.3) is 0 Å². The van der Waals surface area contributed by atoms with Crippen LogP contribution in [0.2, 0.25) is 0 Å². The van der Waals surface area contributed by atoms with E-state index in [1.807, 2.05) is 56.2 Å². The van der Waals surface area contributed by atoms with Crippen molar-refractivity contribution in [3.8, 4) is 0 Å². The molecule has 0 amide bonds. The Balaban J connectivity index is 4.45. The average Bonchev–Trinajstić information content (AvgIpc) is 2.21. The Hall–Kier alpha value is -1.50. The number of allylic oxidation sites excluding steroid dienone is 7. The summed E-state index contributed by atoms with van der Waals surface area (Å²) in [5, 5.41) is 0. The van der Waals surface area contributed by atoms with Gasteiger partial charge in [0, 0.05) is 18.4 Å². The van der Waals surface area contributed by atoms with Crippen LogP contribution in [0.1, 0.15) is 13.8 Å². The minimum Gasteiger partial charge on any atom is -0.349 e. The van der Waals surface area contributed by atoms with E-state index in [0.29, 0.717) is 0 Å². The Labute approximate surface area is 87.4 Å². The van der Waals surface area contributed by atoms with Crippen LogP contribution in [0.4, 0.5) is 0 Å². The summed E-state index contributed by atoms with van der Waals surface area (Å²) in [5.41, 5.74) is 2.10. The minimum atomic E-state index is 0.947. The maximum atomic E-state index is 3.95. The van der Waals surface area contributed by atoms with Crippen molar-refractivity contribution in [3.05, 3.63) is 61.0 Å². The largest absolute Gasteiger partial charge is 0.349 e. The molecule has 0 N–H and O–H groups in total. The van der Waals surface area contributed by atoms with Gasteiger partial charge in [0.05, 0.1) is 0 Å². The van der Waals surface area contributed by atoms with Gasteiger partial charge in [-0.15, -0.1) is 0 Å². The van der Waals surface area contributed by atoms with Crippen LogP contribution < -0.4 is 0 Å². The predicted molar refractivity (Wildman–Crippen MR) is 64.8 cm³/mol. The topological polar surface area (TPSA) is 3.24 Å². The highest BCUT2D eigenvalue weighted by Gasteiger charge is 1.98. The van der Waals surface area contributed by atoms with E-state index >= 15 is 0 Å². The zero-order valence-electron chi connectivity index (χ0n) is 9.33. The molecule has 0 aliphatic heterocycles. The second kappa shape index (κ2) is 6.96. The highest BCUT2D eigenvalue weighted by Crippen LogP contribution is 2.09. The summed E-state index contributed by atoms with van der Waals surface area (Å²) >= 11 is 0. The first-order chi connectivity index (χ1) is 6.63. The summed E-state index contributed by atoms with van der Waals surface area (Å²) in [6, 6.07) is 0. The SMILES string of the molecule is C=C/C=C\C(=C)N(C)/C(C)=C/C=C\C. The quantitative estimate of drug-likeness (QED) is 0.597. The molecule has 0 aliphatic rings. The lowest BCUT2D eigenvalue weighted by Crippen LogP contribution is -2.12. The van der Waals surface area contributed by atoms with E-state index < -0.39 is 0 Å². The van der Waals surface area contributed by atoms with E-state index in [-0.39, 0.29) is 0 Å². The van der Waals surface area contributed by atoms with Crippen molar-refractivity contribution in [2.75, 3.05) is 7.05 Å². The molecule has 0 fully saturated rings. The summed E-state index contributed by atoms with van der Waals surface area (Å²) < 4.78 is 0. The fourth-order valence-corrected chi connectivity index (χ4v) is 0.865. The fraction of sp³-hybridized carbons (Fsp3) is 0.231. The van der Waals surface area contributed by atoms with Crippen LogP contribution in [0.15, 0.2) is 61.0 Å². The third-order valence-electron chi connectivity index (χ3n) is 1.91. The number of rotatable bonds is 5. The Morgan fingerprint density at radius 1 is 1.29 bits per heavy atom. The molecule has 0 unspecified atom stereocenters. The second-order valence-corrected chi connectivity index (χ2v) is 2.98. The van der Waals surface area contributed by atoms with Gasteiger partial charge in [-0.3, -0.25) is 0 Å². The molecular weight excluding hydrogens is 170 g/mol. The monoisotopic (exact) mass is 189 g/mol. The van der Waals surface area contributed by atoms with Crippen LogP contribution in [0.3, 0.4) is 0 Å². The van der Waals surface area contributed by atoms with Crippen molar-refractivity contribution in [1.82, 2.24) is 4.90 Å². The third kappa shape index (κ3) is 4.51. The molecule has 14 heavy (non-hydrogen) atoms. The molecule has 0 saturated heterocycles. The van der Waals surface area contributed by atoms with E-state index in [0.717, 1.165) is 11.4 Å². The van der Waals surface area contributed by atoms with Gasteiger partial charge in [0.1, 0.15) is 0 Å². The lowest BCUT2D eigenvalue weighted by Gasteiger charge is -2.19. The zero-order chi connectivity index (χ0) is 11.0. The fourth-order valence-electron chi connectivity index (χ4n) is 0.865. The van der Waals surface area contributed by atoms with Crippen LogP contribution in [0, 0.1) is 0 Å². The molecule has 1 nitrogen and oxygen atoms in total. The Kier molecular flexibility index (Phi) is 6.21. The molecule has 0 atom stereocenters. The van der Waals surface area contributed by atoms with Crippen molar-refractivity contribution in [3.63, 3.8) is 0 Å². The van der Waals surface area contributed by atoms with Gasteiger partial charge < -0.3 is 4.90 Å². The Morgan fingerprint density at radius 3 is 2.43 bits per heavy atom. The van der Waals surface area contributed by atoms with Crippen molar-refractivity contribution in [1.29, 1.82) is 0 Å². The highest BCUT2D eigenvalue weighted by molar-refractivity contribution is 5.22. The Morgan fingerprint density at radius 2 is 1.93 bits per heavy atom. The summed E-state index contributed by atoms with van der Waals surface area (Å²) in [6.45, 7) is 11.6. The van der Waals surface area contributed by atoms with Gasteiger partial charge in [0.2, 0.25) is 0 Å². The summed E-state index contributed by atoms with van der Waals surface area (Å²) in [7, 11) is 1.99. The van der Waals surface area contributed by atoms with E-state index in [9.17, 15) is 0 Å². The molecule has 0 aliphatic carbocycles. The van der Waals surface area contributed by atoms with Gasteiger partial charge >= 0.3 is 0 Å².